The van der Waals surface area contributed by atoms with E-state index in [0.29, 0.717) is 5.69 Å². The van der Waals surface area contributed by atoms with Gasteiger partial charge in [-0.1, -0.05) is 19.1 Å². The van der Waals surface area contributed by atoms with Crippen LogP contribution in [0.5, 0.6) is 0 Å². The molecule has 1 aromatic carbocycles. The highest BCUT2D eigenvalue weighted by Crippen LogP contribution is 2.33. The van der Waals surface area contributed by atoms with Gasteiger partial charge in [0.1, 0.15) is 6.04 Å². The molecule has 136 valence electrons. The van der Waals surface area contributed by atoms with Crippen molar-refractivity contribution in [1.82, 2.24) is 15.1 Å². The molecule has 0 bridgehead atoms. The van der Waals surface area contributed by atoms with Gasteiger partial charge in [0, 0.05) is 11.3 Å². The number of fused-ring (bicyclic) bond motifs is 1. The molecule has 1 aromatic heterocycles. The number of benzene rings is 1. The minimum absolute atomic E-state index is 0.0492. The van der Waals surface area contributed by atoms with Crippen molar-refractivity contribution in [3.63, 3.8) is 0 Å². The van der Waals surface area contributed by atoms with Crippen LogP contribution in [0.4, 0.5) is 0 Å². The number of nitrogens with zero attached hydrogens (tertiary/aromatic N) is 2. The second-order valence-corrected chi connectivity index (χ2v) is 7.19. The molecule has 26 heavy (non-hydrogen) atoms. The third-order valence-corrected chi connectivity index (χ3v) is 5.38. The lowest BCUT2D eigenvalue weighted by atomic mass is 10.1. The van der Waals surface area contributed by atoms with Gasteiger partial charge < -0.3 is 10.4 Å². The van der Waals surface area contributed by atoms with E-state index >= 15 is 0 Å². The molecule has 0 saturated heterocycles. The van der Waals surface area contributed by atoms with Crippen molar-refractivity contribution in [2.24, 2.45) is 5.92 Å². The number of aliphatic carboxylic acids is 1. The van der Waals surface area contributed by atoms with Crippen LogP contribution in [-0.2, 0) is 24.1 Å². The Morgan fingerprint density at radius 3 is 2.62 bits per heavy atom. The Labute approximate surface area is 152 Å². The van der Waals surface area contributed by atoms with Crippen molar-refractivity contribution in [1.29, 1.82) is 0 Å². The summed E-state index contributed by atoms with van der Waals surface area (Å²) in [5, 5.41) is 16.6. The highest BCUT2D eigenvalue weighted by atomic mass is 16.4. The molecule has 0 spiro atoms. The van der Waals surface area contributed by atoms with Crippen LogP contribution >= 0.6 is 0 Å². The molecule has 2 aliphatic rings. The van der Waals surface area contributed by atoms with Crippen LogP contribution in [-0.4, -0.2) is 32.8 Å². The van der Waals surface area contributed by atoms with Gasteiger partial charge in [0.25, 0.3) is 5.91 Å². The molecule has 2 aliphatic carbocycles. The van der Waals surface area contributed by atoms with Gasteiger partial charge in [-0.25, -0.2) is 9.48 Å². The fourth-order valence-corrected chi connectivity index (χ4v) is 3.73. The first kappa shape index (κ1) is 16.8. The molecule has 2 aromatic rings. The standard InChI is InChI=1S/C20H23N3O3/c1-2-12-6-10-14(11-7-12)23-16-5-3-4-15(16)18(22-23)19(24)21-17(20(25)26)13-8-9-13/h6-7,10-11,13,17H,2-5,8-9H2,1H3,(H,21,24)(H,25,26). The smallest absolute Gasteiger partial charge is 0.326 e. The Morgan fingerprint density at radius 1 is 1.27 bits per heavy atom. The van der Waals surface area contributed by atoms with E-state index < -0.39 is 12.0 Å². The summed E-state index contributed by atoms with van der Waals surface area (Å²) in [7, 11) is 0. The van der Waals surface area contributed by atoms with E-state index in [1.54, 1.807) is 0 Å². The molecule has 2 N–H and O–H groups in total. The Morgan fingerprint density at radius 2 is 2.00 bits per heavy atom. The van der Waals surface area contributed by atoms with Crippen molar-refractivity contribution >= 4 is 11.9 Å². The summed E-state index contributed by atoms with van der Waals surface area (Å²) in [6.45, 7) is 2.11. The maximum Gasteiger partial charge on any atom is 0.326 e. The molecule has 4 rings (SSSR count). The normalized spacial score (nSPS) is 17.0. The third-order valence-electron chi connectivity index (χ3n) is 5.38. The van der Waals surface area contributed by atoms with E-state index in [-0.39, 0.29) is 11.8 Å². The van der Waals surface area contributed by atoms with E-state index in [1.807, 2.05) is 16.8 Å². The lowest BCUT2D eigenvalue weighted by Crippen LogP contribution is -2.42. The van der Waals surface area contributed by atoms with Gasteiger partial charge in [0.05, 0.1) is 5.69 Å². The van der Waals surface area contributed by atoms with Crippen molar-refractivity contribution in [2.45, 2.75) is 51.5 Å². The highest BCUT2D eigenvalue weighted by Gasteiger charge is 2.38. The van der Waals surface area contributed by atoms with Gasteiger partial charge in [-0.15, -0.1) is 0 Å². The maximum atomic E-state index is 12.7. The average Bonchev–Trinajstić information content (AvgIpc) is 3.24. The van der Waals surface area contributed by atoms with Gasteiger partial charge in [-0.3, -0.25) is 4.79 Å². The Bertz CT molecular complexity index is 850. The first-order valence-electron chi connectivity index (χ1n) is 9.32. The zero-order valence-corrected chi connectivity index (χ0v) is 14.9. The number of carboxylic acid groups (broad SMARTS) is 1. The molecule has 0 aliphatic heterocycles. The largest absolute Gasteiger partial charge is 0.480 e. The number of carbonyl (C=O) groups excluding carboxylic acids is 1. The summed E-state index contributed by atoms with van der Waals surface area (Å²) in [6.07, 6.45) is 5.37. The first-order chi connectivity index (χ1) is 12.6. The molecule has 0 radical (unpaired) electrons. The fraction of sp³-hybridized carbons (Fsp3) is 0.450. The predicted molar refractivity (Wildman–Crippen MR) is 96.6 cm³/mol. The number of nitrogens with one attached hydrogen (secondary N) is 1. The molecule has 1 fully saturated rings. The van der Waals surface area contributed by atoms with E-state index in [1.165, 1.54) is 5.56 Å². The predicted octanol–water partition coefficient (Wildman–Crippen LogP) is 2.52. The average molecular weight is 353 g/mol. The number of rotatable bonds is 6. The van der Waals surface area contributed by atoms with Crippen LogP contribution in [0, 0.1) is 5.92 Å². The lowest BCUT2D eigenvalue weighted by molar-refractivity contribution is -0.139. The maximum absolute atomic E-state index is 12.7. The van der Waals surface area contributed by atoms with Crippen LogP contribution in [0.25, 0.3) is 5.69 Å². The Hall–Kier alpha value is -2.63. The van der Waals surface area contributed by atoms with Crippen LogP contribution < -0.4 is 5.32 Å². The minimum atomic E-state index is -0.966. The molecular weight excluding hydrogens is 330 g/mol. The number of carbonyl (C=O) groups is 2. The number of hydrogen-bond acceptors (Lipinski definition) is 3. The number of aryl methyl sites for hydroxylation is 1. The number of aromatic nitrogens is 2. The molecule has 1 unspecified atom stereocenters. The van der Waals surface area contributed by atoms with E-state index in [2.05, 4.69) is 29.5 Å². The fourth-order valence-electron chi connectivity index (χ4n) is 3.73. The summed E-state index contributed by atoms with van der Waals surface area (Å²) >= 11 is 0. The van der Waals surface area contributed by atoms with Gasteiger partial charge in [0.2, 0.25) is 0 Å². The van der Waals surface area contributed by atoms with Crippen LogP contribution in [0.3, 0.4) is 0 Å². The topological polar surface area (TPSA) is 84.2 Å². The quantitative estimate of drug-likeness (QED) is 0.836. The van der Waals surface area contributed by atoms with Crippen LogP contribution in [0.2, 0.25) is 0 Å². The summed E-state index contributed by atoms with van der Waals surface area (Å²) < 4.78 is 1.85. The summed E-state index contributed by atoms with van der Waals surface area (Å²) in [4.78, 5) is 24.2. The number of carboxylic acids is 1. The minimum Gasteiger partial charge on any atom is -0.480 e. The van der Waals surface area contributed by atoms with Crippen molar-refractivity contribution < 1.29 is 14.7 Å². The SMILES string of the molecule is CCc1ccc(-n2nc(C(=O)NC(C(=O)O)C3CC3)c3c2CCC3)cc1. The second-order valence-electron chi connectivity index (χ2n) is 7.19. The van der Waals surface area contributed by atoms with Crippen LogP contribution in [0.15, 0.2) is 24.3 Å². The Balaban J connectivity index is 1.64. The third kappa shape index (κ3) is 3.00. The van der Waals surface area contributed by atoms with Crippen molar-refractivity contribution in [3.05, 3.63) is 46.8 Å². The van der Waals surface area contributed by atoms with Gasteiger partial charge in [0.15, 0.2) is 5.69 Å². The molecule has 1 saturated carbocycles. The summed E-state index contributed by atoms with van der Waals surface area (Å²) in [6, 6.07) is 7.39. The van der Waals surface area contributed by atoms with Gasteiger partial charge in [-0.2, -0.15) is 5.10 Å². The lowest BCUT2D eigenvalue weighted by Gasteiger charge is -2.12. The Kier molecular flexibility index (Phi) is 4.26. The molecule has 6 heteroatoms. The van der Waals surface area contributed by atoms with Gasteiger partial charge >= 0.3 is 5.97 Å². The van der Waals surface area contributed by atoms with E-state index in [0.717, 1.165) is 55.5 Å². The molecule has 6 nitrogen and oxygen atoms in total. The molecule has 1 amide bonds. The molecular formula is C20H23N3O3. The van der Waals surface area contributed by atoms with Crippen molar-refractivity contribution in [2.75, 3.05) is 0 Å². The molecule has 1 atom stereocenters. The van der Waals surface area contributed by atoms with Gasteiger partial charge in [-0.05, 0) is 62.1 Å². The number of amides is 1. The van der Waals surface area contributed by atoms with E-state index in [4.69, 9.17) is 0 Å². The zero-order valence-electron chi connectivity index (χ0n) is 14.9. The number of hydrogen-bond donors (Lipinski definition) is 2. The summed E-state index contributed by atoms with van der Waals surface area (Å²) in [5.74, 6) is -1.29. The zero-order chi connectivity index (χ0) is 18.3. The monoisotopic (exact) mass is 353 g/mol. The first-order valence-corrected chi connectivity index (χ1v) is 9.32. The molecule has 1 heterocycles. The van der Waals surface area contributed by atoms with E-state index in [9.17, 15) is 14.7 Å². The highest BCUT2D eigenvalue weighted by molar-refractivity contribution is 5.96. The van der Waals surface area contributed by atoms with Crippen LogP contribution in [0.1, 0.15) is 53.5 Å². The van der Waals surface area contributed by atoms with Crippen molar-refractivity contribution in [3.8, 4) is 5.69 Å². The second kappa shape index (κ2) is 6.59. The summed E-state index contributed by atoms with van der Waals surface area (Å²) in [5.41, 5.74) is 4.60.